The third kappa shape index (κ3) is 0.745. The van der Waals surface area contributed by atoms with E-state index in [2.05, 4.69) is 4.98 Å². The van der Waals surface area contributed by atoms with Crippen molar-refractivity contribution in [2.24, 2.45) is 0 Å². The second-order valence-electron chi connectivity index (χ2n) is 3.33. The van der Waals surface area contributed by atoms with Crippen LogP contribution in [0.4, 0.5) is 0 Å². The first-order chi connectivity index (χ1) is 6.79. The zero-order valence-electron chi connectivity index (χ0n) is 7.32. The third-order valence-electron chi connectivity index (χ3n) is 2.56. The number of benzene rings is 1. The molecule has 0 N–H and O–H groups in total. The van der Waals surface area contributed by atoms with Gasteiger partial charge in [0.1, 0.15) is 0 Å². The molecule has 0 amide bonds. The Bertz CT molecular complexity index is 664. The first kappa shape index (κ1) is 7.62. The summed E-state index contributed by atoms with van der Waals surface area (Å²) in [6, 6.07) is 5.58. The van der Waals surface area contributed by atoms with Gasteiger partial charge < -0.3 is 0 Å². The molecule has 63 valence electrons. The van der Waals surface area contributed by atoms with E-state index in [1.807, 2.05) is 12.1 Å². The SMILES string of the molecule is [B]=c1c(=O)c2cccc3cncc1c32. The molecular weight excluding hydrogens is 173 g/mol. The van der Waals surface area contributed by atoms with Gasteiger partial charge in [-0.3, -0.25) is 0 Å². The number of hydrogen-bond acceptors (Lipinski definition) is 2. The molecule has 0 atom stereocenters. The monoisotopic (exact) mass is 178 g/mol. The molecule has 0 aliphatic carbocycles. The van der Waals surface area contributed by atoms with Crippen LogP contribution in [0.5, 0.6) is 0 Å². The van der Waals surface area contributed by atoms with Gasteiger partial charge in [-0.15, -0.1) is 0 Å². The summed E-state index contributed by atoms with van der Waals surface area (Å²) in [6.07, 6.45) is 3.39. The quantitative estimate of drug-likeness (QED) is 0.486. The van der Waals surface area contributed by atoms with Gasteiger partial charge in [-0.05, 0) is 0 Å². The van der Waals surface area contributed by atoms with E-state index in [9.17, 15) is 4.79 Å². The molecule has 0 bridgehead atoms. The molecule has 0 unspecified atom stereocenters. The average molecular weight is 178 g/mol. The van der Waals surface area contributed by atoms with E-state index in [-0.39, 0.29) is 5.43 Å². The summed E-state index contributed by atoms with van der Waals surface area (Å²) in [5, 5.41) is 3.67. The van der Waals surface area contributed by atoms with Crippen LogP contribution in [0.2, 0.25) is 0 Å². The van der Waals surface area contributed by atoms with E-state index >= 15 is 0 Å². The van der Waals surface area contributed by atoms with Crippen molar-refractivity contribution in [3.63, 3.8) is 0 Å². The summed E-state index contributed by atoms with van der Waals surface area (Å²) in [7, 11) is 5.71. The summed E-state index contributed by atoms with van der Waals surface area (Å²) < 4.78 is 0. The fraction of sp³-hybridized carbons (Fsp3) is 0. The van der Waals surface area contributed by atoms with Gasteiger partial charge in [0.25, 0.3) is 0 Å². The molecule has 14 heavy (non-hydrogen) atoms. The van der Waals surface area contributed by atoms with Gasteiger partial charge in [0.2, 0.25) is 0 Å². The molecule has 0 fully saturated rings. The van der Waals surface area contributed by atoms with Crippen LogP contribution in [-0.4, -0.2) is 12.5 Å². The van der Waals surface area contributed by atoms with Crippen LogP contribution >= 0.6 is 0 Å². The molecule has 0 spiro atoms. The van der Waals surface area contributed by atoms with Crippen molar-refractivity contribution in [1.29, 1.82) is 0 Å². The molecule has 3 heteroatoms. The summed E-state index contributed by atoms with van der Waals surface area (Å²) in [5.41, 5.74) is -0.0846. The number of rotatable bonds is 0. The minimum atomic E-state index is -0.0846. The van der Waals surface area contributed by atoms with Gasteiger partial charge in [0.15, 0.2) is 0 Å². The van der Waals surface area contributed by atoms with Crippen molar-refractivity contribution in [2.75, 3.05) is 0 Å². The second kappa shape index (κ2) is 2.38. The molecule has 0 aliphatic rings. The van der Waals surface area contributed by atoms with Gasteiger partial charge >= 0.3 is 79.9 Å². The topological polar surface area (TPSA) is 30.0 Å². The van der Waals surface area contributed by atoms with Gasteiger partial charge in [0, 0.05) is 0 Å². The summed E-state index contributed by atoms with van der Waals surface area (Å²) in [6.45, 7) is 0. The fourth-order valence-electron chi connectivity index (χ4n) is 1.90. The van der Waals surface area contributed by atoms with Gasteiger partial charge in [0.05, 0.1) is 0 Å². The molecular formula is C11H5BNO. The molecule has 0 saturated carbocycles. The Morgan fingerprint density at radius 3 is 2.86 bits per heavy atom. The van der Waals surface area contributed by atoms with E-state index in [1.165, 1.54) is 0 Å². The van der Waals surface area contributed by atoms with Crippen LogP contribution < -0.4 is 5.43 Å². The molecule has 0 aliphatic heterocycles. The van der Waals surface area contributed by atoms with Gasteiger partial charge in [-0.25, -0.2) is 0 Å². The Hall–Kier alpha value is -1.77. The minimum absolute atomic E-state index is 0.0846. The van der Waals surface area contributed by atoms with E-state index in [4.69, 9.17) is 7.49 Å². The standard InChI is InChI=1S/C11H5BNO/c12-10-8-5-13-4-6-2-1-3-7(9(6)8)11(10)14/h1-5H. The molecule has 3 rings (SSSR count). The van der Waals surface area contributed by atoms with Crippen LogP contribution in [0.1, 0.15) is 0 Å². The molecule has 2 aromatic carbocycles. The maximum atomic E-state index is 11.7. The Morgan fingerprint density at radius 2 is 2.00 bits per heavy atom. The van der Waals surface area contributed by atoms with Crippen molar-refractivity contribution >= 4 is 29.0 Å². The maximum absolute atomic E-state index is 11.7. The van der Waals surface area contributed by atoms with Crippen molar-refractivity contribution in [1.82, 2.24) is 4.98 Å². The average Bonchev–Trinajstić information content (AvgIpc) is 2.47. The van der Waals surface area contributed by atoms with Crippen LogP contribution in [0.25, 0.3) is 21.5 Å². The predicted molar refractivity (Wildman–Crippen MR) is 56.9 cm³/mol. The first-order valence-corrected chi connectivity index (χ1v) is 4.33. The van der Waals surface area contributed by atoms with Crippen molar-refractivity contribution in [2.45, 2.75) is 0 Å². The number of nitrogens with zero attached hydrogens (tertiary/aromatic N) is 1. The van der Waals surface area contributed by atoms with Crippen LogP contribution in [0, 0.1) is 5.11 Å². The second-order valence-corrected chi connectivity index (χ2v) is 3.33. The fourth-order valence-corrected chi connectivity index (χ4v) is 1.90. The Labute approximate surface area is 80.6 Å². The first-order valence-electron chi connectivity index (χ1n) is 4.33. The number of hydrogen-bond donors (Lipinski definition) is 0. The van der Waals surface area contributed by atoms with Gasteiger partial charge in [-0.2, -0.15) is 0 Å². The Kier molecular flexibility index (Phi) is 1.30. The van der Waals surface area contributed by atoms with Crippen LogP contribution in [-0.2, 0) is 0 Å². The molecule has 1 radical (unpaired) electrons. The predicted octanol–water partition coefficient (Wildman–Crippen LogP) is 1.32. The van der Waals surface area contributed by atoms with Crippen LogP contribution in [0.15, 0.2) is 35.4 Å². The van der Waals surface area contributed by atoms with Crippen molar-refractivity contribution in [3.8, 4) is 0 Å². The summed E-state index contributed by atoms with van der Waals surface area (Å²) >= 11 is 0. The number of aromatic nitrogens is 1. The van der Waals surface area contributed by atoms with E-state index < -0.39 is 0 Å². The van der Waals surface area contributed by atoms with E-state index in [1.54, 1.807) is 18.5 Å². The molecule has 1 aromatic heterocycles. The van der Waals surface area contributed by atoms with E-state index in [0.29, 0.717) is 10.5 Å². The van der Waals surface area contributed by atoms with Crippen molar-refractivity contribution in [3.05, 3.63) is 45.9 Å². The zero-order valence-corrected chi connectivity index (χ0v) is 7.32. The number of pyridine rings is 1. The Balaban J connectivity index is 2.91. The summed E-state index contributed by atoms with van der Waals surface area (Å²) in [5.74, 6) is 0. The zero-order chi connectivity index (χ0) is 9.71. The Morgan fingerprint density at radius 1 is 1.14 bits per heavy atom. The van der Waals surface area contributed by atoms with Gasteiger partial charge in [-0.1, -0.05) is 0 Å². The molecule has 3 aromatic rings. The third-order valence-corrected chi connectivity index (χ3v) is 2.56. The molecule has 1 heterocycles. The van der Waals surface area contributed by atoms with Crippen molar-refractivity contribution < 1.29 is 0 Å². The van der Waals surface area contributed by atoms with E-state index in [0.717, 1.165) is 16.2 Å². The normalized spacial score (nSPS) is 11.4. The van der Waals surface area contributed by atoms with Crippen LogP contribution in [0.3, 0.4) is 0 Å². The molecule has 2 nitrogen and oxygen atoms in total. The summed E-state index contributed by atoms with van der Waals surface area (Å²) in [4.78, 5) is 15.7. The molecule has 0 saturated heterocycles.